The zero-order chi connectivity index (χ0) is 14.3. The molecule has 0 radical (unpaired) electrons. The van der Waals surface area contributed by atoms with Gasteiger partial charge in [0.1, 0.15) is 0 Å². The number of nitrogens with two attached hydrogens (primary N) is 1. The van der Waals surface area contributed by atoms with Crippen molar-refractivity contribution < 1.29 is 4.79 Å². The summed E-state index contributed by atoms with van der Waals surface area (Å²) in [5.41, 5.74) is 6.68. The summed E-state index contributed by atoms with van der Waals surface area (Å²) in [6.07, 6.45) is 1.81. The van der Waals surface area contributed by atoms with Gasteiger partial charge in [0.25, 0.3) is 0 Å². The third kappa shape index (κ3) is 4.51. The van der Waals surface area contributed by atoms with Crippen molar-refractivity contribution in [3.05, 3.63) is 34.9 Å². The number of amides is 1. The topological polar surface area (TPSA) is 46.3 Å². The van der Waals surface area contributed by atoms with Crippen molar-refractivity contribution in [3.8, 4) is 0 Å². The van der Waals surface area contributed by atoms with Crippen LogP contribution in [-0.4, -0.2) is 23.9 Å². The van der Waals surface area contributed by atoms with Crippen LogP contribution >= 0.6 is 11.6 Å². The van der Waals surface area contributed by atoms with Gasteiger partial charge in [-0.05, 0) is 25.0 Å². The maximum Gasteiger partial charge on any atom is 0.227 e. The fourth-order valence-corrected chi connectivity index (χ4v) is 2.32. The molecule has 2 N–H and O–H groups in total. The van der Waals surface area contributed by atoms with E-state index in [-0.39, 0.29) is 11.8 Å². The second-order valence-electron chi connectivity index (χ2n) is 4.67. The molecule has 1 aromatic carbocycles. The lowest BCUT2D eigenvalue weighted by molar-refractivity contribution is -0.135. The number of carbonyl (C=O) groups excluding carboxylic acids is 1. The van der Waals surface area contributed by atoms with E-state index in [2.05, 4.69) is 6.92 Å². The van der Waals surface area contributed by atoms with Crippen molar-refractivity contribution in [2.24, 2.45) is 11.7 Å². The van der Waals surface area contributed by atoms with Crippen molar-refractivity contribution in [2.45, 2.75) is 33.2 Å². The largest absolute Gasteiger partial charge is 0.338 e. The molecule has 0 saturated carbocycles. The highest BCUT2D eigenvalue weighted by Crippen LogP contribution is 2.19. The number of hydrogen-bond donors (Lipinski definition) is 1. The van der Waals surface area contributed by atoms with Gasteiger partial charge in [0.05, 0.1) is 5.92 Å². The zero-order valence-corrected chi connectivity index (χ0v) is 12.5. The number of carbonyl (C=O) groups is 1. The van der Waals surface area contributed by atoms with Crippen LogP contribution in [-0.2, 0) is 11.3 Å². The molecule has 0 fully saturated rings. The van der Waals surface area contributed by atoms with Crippen molar-refractivity contribution >= 4 is 17.5 Å². The Morgan fingerprint density at radius 3 is 2.58 bits per heavy atom. The molecule has 0 aliphatic carbocycles. The first kappa shape index (κ1) is 16.0. The predicted octanol–water partition coefficient (Wildman–Crippen LogP) is 3.06. The molecule has 1 unspecified atom stereocenters. The van der Waals surface area contributed by atoms with Crippen LogP contribution in [0.2, 0.25) is 5.02 Å². The second-order valence-corrected chi connectivity index (χ2v) is 5.07. The molecule has 19 heavy (non-hydrogen) atoms. The van der Waals surface area contributed by atoms with E-state index >= 15 is 0 Å². The van der Waals surface area contributed by atoms with Crippen molar-refractivity contribution in [3.63, 3.8) is 0 Å². The fourth-order valence-electron chi connectivity index (χ4n) is 2.13. The zero-order valence-electron chi connectivity index (χ0n) is 11.7. The number of benzene rings is 1. The molecule has 0 bridgehead atoms. The monoisotopic (exact) mass is 282 g/mol. The van der Waals surface area contributed by atoms with Gasteiger partial charge >= 0.3 is 0 Å². The minimum atomic E-state index is -0.0764. The SMILES string of the molecule is CCCC(CN)C(=O)N(CC)Cc1ccccc1Cl. The Morgan fingerprint density at radius 1 is 1.37 bits per heavy atom. The molecule has 1 rings (SSSR count). The van der Waals surface area contributed by atoms with E-state index in [0.29, 0.717) is 24.7 Å². The number of nitrogens with zero attached hydrogens (tertiary/aromatic N) is 1. The van der Waals surface area contributed by atoms with Crippen LogP contribution in [0.25, 0.3) is 0 Å². The quantitative estimate of drug-likeness (QED) is 0.835. The summed E-state index contributed by atoms with van der Waals surface area (Å²) < 4.78 is 0. The third-order valence-corrected chi connectivity index (χ3v) is 3.65. The van der Waals surface area contributed by atoms with Gasteiger partial charge < -0.3 is 10.6 Å². The van der Waals surface area contributed by atoms with Gasteiger partial charge in [-0.15, -0.1) is 0 Å². The molecule has 1 amide bonds. The van der Waals surface area contributed by atoms with Gasteiger partial charge in [-0.25, -0.2) is 0 Å². The van der Waals surface area contributed by atoms with Crippen LogP contribution < -0.4 is 5.73 Å². The highest BCUT2D eigenvalue weighted by atomic mass is 35.5. The Bertz CT molecular complexity index is 409. The van der Waals surface area contributed by atoms with E-state index in [4.69, 9.17) is 17.3 Å². The van der Waals surface area contributed by atoms with Crippen molar-refractivity contribution in [2.75, 3.05) is 13.1 Å². The second kappa shape index (κ2) is 8.18. The normalized spacial score (nSPS) is 12.2. The Kier molecular flexibility index (Phi) is 6.89. The lowest BCUT2D eigenvalue weighted by atomic mass is 10.0. The minimum absolute atomic E-state index is 0.0764. The molecule has 0 spiro atoms. The van der Waals surface area contributed by atoms with Crippen molar-refractivity contribution in [1.82, 2.24) is 4.90 Å². The van der Waals surface area contributed by atoms with Gasteiger partial charge in [-0.3, -0.25) is 4.79 Å². The molecule has 0 heterocycles. The Balaban J connectivity index is 2.77. The molecule has 1 aromatic rings. The molecule has 0 aliphatic heterocycles. The summed E-state index contributed by atoms with van der Waals surface area (Å²) in [4.78, 5) is 14.2. The van der Waals surface area contributed by atoms with Gasteiger partial charge in [0.2, 0.25) is 5.91 Å². The summed E-state index contributed by atoms with van der Waals surface area (Å²) in [6.45, 7) is 5.68. The van der Waals surface area contributed by atoms with Gasteiger partial charge in [-0.2, -0.15) is 0 Å². The molecular weight excluding hydrogens is 260 g/mol. The van der Waals surface area contributed by atoms with Crippen LogP contribution in [0, 0.1) is 5.92 Å². The lowest BCUT2D eigenvalue weighted by Gasteiger charge is -2.26. The van der Waals surface area contributed by atoms with Gasteiger partial charge in [-0.1, -0.05) is 43.1 Å². The van der Waals surface area contributed by atoms with E-state index in [0.717, 1.165) is 18.4 Å². The van der Waals surface area contributed by atoms with E-state index < -0.39 is 0 Å². The summed E-state index contributed by atoms with van der Waals surface area (Å²) >= 11 is 6.14. The number of hydrogen-bond acceptors (Lipinski definition) is 2. The Labute approximate surface area is 120 Å². The maximum atomic E-state index is 12.4. The maximum absolute atomic E-state index is 12.4. The van der Waals surface area contributed by atoms with Crippen LogP contribution in [0.1, 0.15) is 32.3 Å². The molecule has 0 aromatic heterocycles. The van der Waals surface area contributed by atoms with E-state index in [1.807, 2.05) is 36.1 Å². The van der Waals surface area contributed by atoms with E-state index in [1.54, 1.807) is 0 Å². The summed E-state index contributed by atoms with van der Waals surface area (Å²) in [6, 6.07) is 7.63. The standard InChI is InChI=1S/C15H23ClN2O/c1-3-7-12(10-17)15(19)18(4-2)11-13-8-5-6-9-14(13)16/h5-6,8-9,12H,3-4,7,10-11,17H2,1-2H3. The first-order valence-corrected chi connectivity index (χ1v) is 7.24. The first-order chi connectivity index (χ1) is 9.13. The summed E-state index contributed by atoms with van der Waals surface area (Å²) in [5.74, 6) is 0.0548. The third-order valence-electron chi connectivity index (χ3n) is 3.28. The van der Waals surface area contributed by atoms with Crippen molar-refractivity contribution in [1.29, 1.82) is 0 Å². The highest BCUT2D eigenvalue weighted by Gasteiger charge is 2.21. The molecule has 3 nitrogen and oxygen atoms in total. The highest BCUT2D eigenvalue weighted by molar-refractivity contribution is 6.31. The Morgan fingerprint density at radius 2 is 2.05 bits per heavy atom. The average Bonchev–Trinajstić information content (AvgIpc) is 2.43. The first-order valence-electron chi connectivity index (χ1n) is 6.86. The van der Waals surface area contributed by atoms with Crippen LogP contribution in [0.15, 0.2) is 24.3 Å². The number of halogens is 1. The van der Waals surface area contributed by atoms with Crippen LogP contribution in [0.3, 0.4) is 0 Å². The van der Waals surface area contributed by atoms with Crippen LogP contribution in [0.4, 0.5) is 0 Å². The summed E-state index contributed by atoms with van der Waals surface area (Å²) in [7, 11) is 0. The molecular formula is C15H23ClN2O. The molecule has 4 heteroatoms. The molecule has 1 atom stereocenters. The predicted molar refractivity (Wildman–Crippen MR) is 80.0 cm³/mol. The van der Waals surface area contributed by atoms with Gasteiger partial charge in [0.15, 0.2) is 0 Å². The lowest BCUT2D eigenvalue weighted by Crippen LogP contribution is -2.38. The smallest absolute Gasteiger partial charge is 0.227 e. The number of rotatable bonds is 7. The van der Waals surface area contributed by atoms with Gasteiger partial charge in [0, 0.05) is 24.7 Å². The summed E-state index contributed by atoms with van der Waals surface area (Å²) in [5, 5.41) is 0.702. The average molecular weight is 283 g/mol. The molecule has 0 aliphatic rings. The fraction of sp³-hybridized carbons (Fsp3) is 0.533. The van der Waals surface area contributed by atoms with Crippen LogP contribution in [0.5, 0.6) is 0 Å². The Hall–Kier alpha value is -1.06. The van der Waals surface area contributed by atoms with E-state index in [1.165, 1.54) is 0 Å². The minimum Gasteiger partial charge on any atom is -0.338 e. The molecule has 0 saturated heterocycles. The molecule has 106 valence electrons. The van der Waals surface area contributed by atoms with E-state index in [9.17, 15) is 4.79 Å².